The molecule has 4 heterocycles. The minimum Gasteiger partial charge on any atom is -0.386 e. The third kappa shape index (κ3) is 1.66. The van der Waals surface area contributed by atoms with Crippen molar-refractivity contribution in [2.24, 2.45) is 34.5 Å². The minimum absolute atomic E-state index is 0.0255. The van der Waals surface area contributed by atoms with Gasteiger partial charge in [-0.2, -0.15) is 0 Å². The van der Waals surface area contributed by atoms with E-state index in [0.717, 1.165) is 12.8 Å². The second-order valence-electron chi connectivity index (χ2n) is 11.6. The zero-order chi connectivity index (χ0) is 22.4. The lowest BCUT2D eigenvalue weighted by atomic mass is 9.41. The van der Waals surface area contributed by atoms with Gasteiger partial charge in [0.15, 0.2) is 0 Å². The highest BCUT2D eigenvalue weighted by molar-refractivity contribution is 5.90. The van der Waals surface area contributed by atoms with Crippen molar-refractivity contribution in [2.45, 2.75) is 74.4 Å². The smallest absolute Gasteiger partial charge is 0.144 e. The Morgan fingerprint density at radius 3 is 2.66 bits per heavy atom. The number of rotatable bonds is 5. The summed E-state index contributed by atoms with van der Waals surface area (Å²) in [4.78, 5) is 16.0. The molecule has 9 rings (SSSR count). The molecule has 9 aliphatic rings. The lowest BCUT2D eigenvalue weighted by Gasteiger charge is -2.76. The fourth-order valence-corrected chi connectivity index (χ4v) is 11.0. The van der Waals surface area contributed by atoms with Crippen LogP contribution in [0.4, 0.5) is 0 Å². The summed E-state index contributed by atoms with van der Waals surface area (Å²) < 4.78 is 24.6. The SMILES string of the molecule is CCN1C2O[C@H]3CC[C@]2(COC)[C@H]2[C@H](OC)[C@@]4(O)C1[C@@]32[C@@H]1C[C@H]2C(=O)[C@@H]1[C@]4(O)C[C@@H]2OC. The van der Waals surface area contributed by atoms with Gasteiger partial charge in [-0.1, -0.05) is 6.92 Å². The highest BCUT2D eigenvalue weighted by atomic mass is 16.5. The number of methoxy groups -OCH3 is 3. The number of ketones is 1. The molecule has 0 aromatic rings. The summed E-state index contributed by atoms with van der Waals surface area (Å²) in [7, 11) is 4.99. The maximum atomic E-state index is 13.7. The van der Waals surface area contributed by atoms with Crippen LogP contribution in [0.3, 0.4) is 0 Å². The maximum Gasteiger partial charge on any atom is 0.144 e. The first-order valence-corrected chi connectivity index (χ1v) is 12.3. The molecule has 9 bridgehead atoms. The minimum atomic E-state index is -1.58. The molecule has 13 atom stereocenters. The van der Waals surface area contributed by atoms with Crippen LogP contribution in [0, 0.1) is 34.5 Å². The van der Waals surface area contributed by atoms with E-state index in [1.165, 1.54) is 0 Å². The molecule has 8 heteroatoms. The van der Waals surface area contributed by atoms with Crippen molar-refractivity contribution >= 4 is 5.78 Å². The van der Waals surface area contributed by atoms with Crippen LogP contribution in [-0.2, 0) is 23.7 Å². The molecule has 8 nitrogen and oxygen atoms in total. The summed E-state index contributed by atoms with van der Waals surface area (Å²) in [6.45, 7) is 3.31. The Morgan fingerprint density at radius 2 is 2.00 bits per heavy atom. The normalized spacial score (nSPS) is 63.4. The van der Waals surface area contributed by atoms with Gasteiger partial charge in [-0.3, -0.25) is 9.69 Å². The van der Waals surface area contributed by atoms with Gasteiger partial charge in [0.1, 0.15) is 23.2 Å². The quantitative estimate of drug-likeness (QED) is 0.614. The van der Waals surface area contributed by atoms with Crippen molar-refractivity contribution < 1.29 is 34.0 Å². The van der Waals surface area contributed by atoms with E-state index >= 15 is 0 Å². The Hall–Kier alpha value is -0.610. The fraction of sp³-hybridized carbons (Fsp3) is 0.958. The third-order valence-electron chi connectivity index (χ3n) is 11.4. The van der Waals surface area contributed by atoms with Crippen LogP contribution in [0.1, 0.15) is 32.6 Å². The van der Waals surface area contributed by atoms with E-state index in [-0.39, 0.29) is 59.9 Å². The van der Waals surface area contributed by atoms with E-state index < -0.39 is 28.6 Å². The van der Waals surface area contributed by atoms with Crippen molar-refractivity contribution in [3.05, 3.63) is 0 Å². The molecule has 9 fully saturated rings. The van der Waals surface area contributed by atoms with Crippen molar-refractivity contribution in [3.8, 4) is 0 Å². The average molecular weight is 450 g/mol. The molecule has 2 unspecified atom stereocenters. The van der Waals surface area contributed by atoms with Crippen molar-refractivity contribution in [1.29, 1.82) is 0 Å². The van der Waals surface area contributed by atoms with Crippen LogP contribution in [0.25, 0.3) is 0 Å². The van der Waals surface area contributed by atoms with E-state index in [4.69, 9.17) is 18.9 Å². The van der Waals surface area contributed by atoms with Gasteiger partial charge < -0.3 is 29.2 Å². The molecule has 1 spiro atoms. The molecular weight excluding hydrogens is 414 g/mol. The Kier molecular flexibility index (Phi) is 3.86. The Labute approximate surface area is 188 Å². The van der Waals surface area contributed by atoms with Crippen molar-refractivity contribution in [2.75, 3.05) is 34.5 Å². The maximum absolute atomic E-state index is 13.7. The van der Waals surface area contributed by atoms with E-state index in [1.54, 1.807) is 21.3 Å². The fourth-order valence-electron chi connectivity index (χ4n) is 11.0. The van der Waals surface area contributed by atoms with Gasteiger partial charge in [0.05, 0.1) is 36.9 Å². The highest BCUT2D eigenvalue weighted by Crippen LogP contribution is 2.83. The first-order chi connectivity index (χ1) is 15.3. The number of ether oxygens (including phenoxy) is 4. The predicted octanol–water partition coefficient (Wildman–Crippen LogP) is 0.189. The largest absolute Gasteiger partial charge is 0.386 e. The van der Waals surface area contributed by atoms with Crippen LogP contribution >= 0.6 is 0 Å². The Balaban J connectivity index is 1.56. The molecule has 0 radical (unpaired) electrons. The predicted molar refractivity (Wildman–Crippen MR) is 110 cm³/mol. The zero-order valence-electron chi connectivity index (χ0n) is 19.3. The molecule has 0 amide bonds. The lowest BCUT2D eigenvalue weighted by Crippen LogP contribution is -2.86. The summed E-state index contributed by atoms with van der Waals surface area (Å²) in [5, 5.41) is 25.3. The average Bonchev–Trinajstić information content (AvgIpc) is 3.17. The van der Waals surface area contributed by atoms with Gasteiger partial charge in [-0.15, -0.1) is 0 Å². The van der Waals surface area contributed by atoms with Gasteiger partial charge in [0.25, 0.3) is 0 Å². The molecule has 0 aromatic carbocycles. The number of nitrogens with zero attached hydrogens (tertiary/aromatic N) is 1. The van der Waals surface area contributed by atoms with E-state index in [0.29, 0.717) is 19.6 Å². The van der Waals surface area contributed by atoms with Crippen LogP contribution in [0.15, 0.2) is 0 Å². The number of piperidine rings is 1. The van der Waals surface area contributed by atoms with Crippen molar-refractivity contribution in [1.82, 2.24) is 4.90 Å². The number of aliphatic hydroxyl groups is 2. The number of Topliss-reactive ketones (excluding diaryl/α,β-unsaturated/α-hetero) is 1. The topological polar surface area (TPSA) is 97.7 Å². The number of likely N-dealkylation sites (N-methyl/N-ethyl adjacent to an activating group) is 1. The molecule has 5 aliphatic carbocycles. The first-order valence-electron chi connectivity index (χ1n) is 12.3. The van der Waals surface area contributed by atoms with Crippen LogP contribution in [0.2, 0.25) is 0 Å². The van der Waals surface area contributed by atoms with Gasteiger partial charge in [-0.25, -0.2) is 0 Å². The molecular formula is C24H35NO7. The van der Waals surface area contributed by atoms with Gasteiger partial charge in [0.2, 0.25) is 0 Å². The molecule has 4 saturated heterocycles. The Morgan fingerprint density at radius 1 is 1.22 bits per heavy atom. The third-order valence-corrected chi connectivity index (χ3v) is 11.4. The number of carbonyl (C=O) groups is 1. The number of fused-ring (bicyclic) bond motifs is 3. The zero-order valence-corrected chi connectivity index (χ0v) is 19.3. The Bertz CT molecular complexity index is 880. The van der Waals surface area contributed by atoms with Gasteiger partial charge >= 0.3 is 0 Å². The van der Waals surface area contributed by atoms with Gasteiger partial charge in [-0.05, 0) is 31.7 Å². The second-order valence-corrected chi connectivity index (χ2v) is 11.6. The van der Waals surface area contributed by atoms with Crippen LogP contribution in [0.5, 0.6) is 0 Å². The highest BCUT2D eigenvalue weighted by Gasteiger charge is 2.94. The summed E-state index contributed by atoms with van der Waals surface area (Å²) in [6.07, 6.45) is 1.59. The number of hydrogen-bond acceptors (Lipinski definition) is 8. The molecule has 178 valence electrons. The van der Waals surface area contributed by atoms with Crippen LogP contribution in [-0.4, -0.2) is 97.2 Å². The lowest BCUT2D eigenvalue weighted by molar-refractivity contribution is -0.406. The summed E-state index contributed by atoms with van der Waals surface area (Å²) >= 11 is 0. The molecule has 2 N–H and O–H groups in total. The van der Waals surface area contributed by atoms with Gasteiger partial charge in [0, 0.05) is 50.4 Å². The monoisotopic (exact) mass is 449 g/mol. The summed E-state index contributed by atoms with van der Waals surface area (Å²) in [6, 6.07) is -0.308. The standard InChI is InChI=1S/C24H35NO7/c1-5-25-19-23-12-8-11-13(30-3)9-22(27,15(12)16(11)26)24(19,28)18(31-4)17(23)21(10-29-2)7-6-14(23)32-20(21)25/h11-15,17-20,27-28H,5-10H2,1-4H3/t11-,12-,13+,14+,15-,17-,18+,19?,20?,21+,22-,23+,24-/m1/s1. The summed E-state index contributed by atoms with van der Waals surface area (Å²) in [5.41, 5.74) is -3.94. The first kappa shape index (κ1) is 20.7. The van der Waals surface area contributed by atoms with Crippen molar-refractivity contribution in [3.63, 3.8) is 0 Å². The van der Waals surface area contributed by atoms with E-state index in [2.05, 4.69) is 11.8 Å². The molecule has 0 aromatic heterocycles. The van der Waals surface area contributed by atoms with E-state index in [9.17, 15) is 15.0 Å². The molecule has 4 aliphatic heterocycles. The number of carbonyl (C=O) groups excluding carboxylic acids is 1. The van der Waals surface area contributed by atoms with Crippen LogP contribution < -0.4 is 0 Å². The molecule has 32 heavy (non-hydrogen) atoms. The molecule has 5 saturated carbocycles. The number of hydrogen-bond donors (Lipinski definition) is 2. The van der Waals surface area contributed by atoms with E-state index in [1.807, 2.05) is 0 Å². The summed E-state index contributed by atoms with van der Waals surface area (Å²) in [5.74, 6) is -0.843. The second kappa shape index (κ2) is 5.96.